The number of hydrogen-bond acceptors (Lipinski definition) is 3. The molecule has 1 heterocycles. The number of hydrogen-bond donors (Lipinski definition) is 2. The zero-order valence-electron chi connectivity index (χ0n) is 15.1. The van der Waals surface area contributed by atoms with Crippen LogP contribution in [0.1, 0.15) is 40.7 Å². The second kappa shape index (κ2) is 8.04. The molecule has 2 aromatic carbocycles. The van der Waals surface area contributed by atoms with Gasteiger partial charge in [0.2, 0.25) is 5.91 Å². The Labute approximate surface area is 154 Å². The highest BCUT2D eigenvalue weighted by atomic mass is 16.2. The standard InChI is InChI=1S/C21H25N3O2/c1-15-7-6-10-18(20(15)21(26)24-13-4-5-14-24)23-19(25)12-11-16-8-2-3-9-17(16)22/h2-3,6-10H,4-5,11-14,22H2,1H3,(H,23,25). The molecule has 0 aromatic heterocycles. The lowest BCUT2D eigenvalue weighted by molar-refractivity contribution is -0.116. The molecule has 0 unspecified atom stereocenters. The van der Waals surface area contributed by atoms with Crippen LogP contribution in [0.3, 0.4) is 0 Å². The number of benzene rings is 2. The first-order valence-electron chi connectivity index (χ1n) is 9.08. The van der Waals surface area contributed by atoms with Gasteiger partial charge in [0.25, 0.3) is 5.91 Å². The van der Waals surface area contributed by atoms with E-state index >= 15 is 0 Å². The largest absolute Gasteiger partial charge is 0.399 e. The summed E-state index contributed by atoms with van der Waals surface area (Å²) in [6.07, 6.45) is 2.97. The second-order valence-electron chi connectivity index (χ2n) is 6.74. The van der Waals surface area contributed by atoms with Gasteiger partial charge in [-0.25, -0.2) is 0 Å². The van der Waals surface area contributed by atoms with Crippen molar-refractivity contribution in [1.82, 2.24) is 4.90 Å². The topological polar surface area (TPSA) is 75.4 Å². The molecule has 1 aliphatic heterocycles. The van der Waals surface area contributed by atoms with Crippen molar-refractivity contribution in [1.29, 1.82) is 0 Å². The number of amides is 2. The fraction of sp³-hybridized carbons (Fsp3) is 0.333. The minimum absolute atomic E-state index is 0.00297. The molecular formula is C21H25N3O2. The maximum Gasteiger partial charge on any atom is 0.256 e. The Bertz CT molecular complexity index is 811. The molecular weight excluding hydrogens is 326 g/mol. The van der Waals surface area contributed by atoms with E-state index in [2.05, 4.69) is 5.32 Å². The summed E-state index contributed by atoms with van der Waals surface area (Å²) in [5.74, 6) is -0.113. The van der Waals surface area contributed by atoms with E-state index in [1.807, 2.05) is 48.2 Å². The van der Waals surface area contributed by atoms with Crippen molar-refractivity contribution in [3.63, 3.8) is 0 Å². The van der Waals surface area contributed by atoms with E-state index < -0.39 is 0 Å². The fourth-order valence-electron chi connectivity index (χ4n) is 3.36. The van der Waals surface area contributed by atoms with Crippen LogP contribution >= 0.6 is 0 Å². The predicted octanol–water partition coefficient (Wildman–Crippen LogP) is 3.38. The summed E-state index contributed by atoms with van der Waals surface area (Å²) in [6, 6.07) is 13.1. The zero-order chi connectivity index (χ0) is 18.5. The molecule has 1 fully saturated rings. The van der Waals surface area contributed by atoms with Gasteiger partial charge < -0.3 is 16.0 Å². The fourth-order valence-corrected chi connectivity index (χ4v) is 3.36. The molecule has 1 aliphatic rings. The molecule has 2 amide bonds. The number of para-hydroxylation sites is 1. The van der Waals surface area contributed by atoms with Gasteiger partial charge in [0.15, 0.2) is 0 Å². The number of aryl methyl sites for hydroxylation is 2. The lowest BCUT2D eigenvalue weighted by Gasteiger charge is -2.19. The van der Waals surface area contributed by atoms with Gasteiger partial charge in [-0.05, 0) is 49.4 Å². The minimum atomic E-state index is -0.116. The number of anilines is 2. The first kappa shape index (κ1) is 18.0. The van der Waals surface area contributed by atoms with Crippen molar-refractivity contribution >= 4 is 23.2 Å². The van der Waals surface area contributed by atoms with E-state index in [9.17, 15) is 9.59 Å². The number of rotatable bonds is 5. The van der Waals surface area contributed by atoms with Crippen LogP contribution in [-0.2, 0) is 11.2 Å². The van der Waals surface area contributed by atoms with Crippen molar-refractivity contribution in [2.75, 3.05) is 24.1 Å². The minimum Gasteiger partial charge on any atom is -0.399 e. The molecule has 3 N–H and O–H groups in total. The summed E-state index contributed by atoms with van der Waals surface area (Å²) in [6.45, 7) is 3.48. The van der Waals surface area contributed by atoms with Gasteiger partial charge in [0, 0.05) is 25.2 Å². The summed E-state index contributed by atoms with van der Waals surface area (Å²) < 4.78 is 0. The Morgan fingerprint density at radius 2 is 1.81 bits per heavy atom. The molecule has 5 heteroatoms. The van der Waals surface area contributed by atoms with E-state index in [0.29, 0.717) is 29.8 Å². The van der Waals surface area contributed by atoms with Crippen LogP contribution < -0.4 is 11.1 Å². The van der Waals surface area contributed by atoms with Gasteiger partial charge in [-0.3, -0.25) is 9.59 Å². The Morgan fingerprint density at radius 1 is 1.08 bits per heavy atom. The average Bonchev–Trinajstić information content (AvgIpc) is 3.15. The van der Waals surface area contributed by atoms with E-state index in [1.165, 1.54) is 0 Å². The van der Waals surface area contributed by atoms with Crippen molar-refractivity contribution in [2.24, 2.45) is 0 Å². The number of nitrogens with one attached hydrogen (secondary N) is 1. The lowest BCUT2D eigenvalue weighted by Crippen LogP contribution is -2.29. The molecule has 136 valence electrons. The Morgan fingerprint density at radius 3 is 2.54 bits per heavy atom. The van der Waals surface area contributed by atoms with Crippen LogP contribution in [0.15, 0.2) is 42.5 Å². The molecule has 0 radical (unpaired) electrons. The average molecular weight is 351 g/mol. The summed E-state index contributed by atoms with van der Waals surface area (Å²) in [7, 11) is 0. The molecule has 0 aliphatic carbocycles. The highest BCUT2D eigenvalue weighted by Crippen LogP contribution is 2.24. The summed E-state index contributed by atoms with van der Waals surface area (Å²) in [5.41, 5.74) is 9.66. The number of nitrogen functional groups attached to an aromatic ring is 1. The Balaban J connectivity index is 1.71. The molecule has 0 spiro atoms. The van der Waals surface area contributed by atoms with Crippen molar-refractivity contribution < 1.29 is 9.59 Å². The van der Waals surface area contributed by atoms with Gasteiger partial charge in [-0.2, -0.15) is 0 Å². The molecule has 26 heavy (non-hydrogen) atoms. The molecule has 0 bridgehead atoms. The van der Waals surface area contributed by atoms with E-state index in [0.717, 1.165) is 37.1 Å². The summed E-state index contributed by atoms with van der Waals surface area (Å²) >= 11 is 0. The number of carbonyl (C=O) groups excluding carboxylic acids is 2. The highest BCUT2D eigenvalue weighted by molar-refractivity contribution is 6.05. The van der Waals surface area contributed by atoms with Crippen LogP contribution in [0.5, 0.6) is 0 Å². The smallest absolute Gasteiger partial charge is 0.256 e. The molecule has 5 nitrogen and oxygen atoms in total. The maximum atomic E-state index is 12.9. The van der Waals surface area contributed by atoms with Crippen LogP contribution in [-0.4, -0.2) is 29.8 Å². The van der Waals surface area contributed by atoms with Crippen LogP contribution in [0.2, 0.25) is 0 Å². The normalized spacial score (nSPS) is 13.7. The van der Waals surface area contributed by atoms with Crippen molar-refractivity contribution in [2.45, 2.75) is 32.6 Å². The Kier molecular flexibility index (Phi) is 5.56. The zero-order valence-corrected chi connectivity index (χ0v) is 15.1. The quantitative estimate of drug-likeness (QED) is 0.811. The first-order chi connectivity index (χ1) is 12.6. The Hall–Kier alpha value is -2.82. The van der Waals surface area contributed by atoms with Crippen LogP contribution in [0, 0.1) is 6.92 Å². The monoisotopic (exact) mass is 351 g/mol. The van der Waals surface area contributed by atoms with Gasteiger partial charge >= 0.3 is 0 Å². The van der Waals surface area contributed by atoms with E-state index in [4.69, 9.17) is 5.73 Å². The number of likely N-dealkylation sites (tertiary alicyclic amines) is 1. The molecule has 0 saturated carbocycles. The number of nitrogens with two attached hydrogens (primary N) is 1. The van der Waals surface area contributed by atoms with Crippen molar-refractivity contribution in [3.05, 3.63) is 59.2 Å². The van der Waals surface area contributed by atoms with E-state index in [1.54, 1.807) is 6.07 Å². The third-order valence-electron chi connectivity index (χ3n) is 4.83. The summed E-state index contributed by atoms with van der Waals surface area (Å²) in [4.78, 5) is 27.1. The predicted molar refractivity (Wildman–Crippen MR) is 104 cm³/mol. The van der Waals surface area contributed by atoms with Gasteiger partial charge in [0.05, 0.1) is 11.3 Å². The van der Waals surface area contributed by atoms with Gasteiger partial charge in [-0.15, -0.1) is 0 Å². The van der Waals surface area contributed by atoms with Gasteiger partial charge in [0.1, 0.15) is 0 Å². The van der Waals surface area contributed by atoms with Gasteiger partial charge in [-0.1, -0.05) is 30.3 Å². The van der Waals surface area contributed by atoms with Crippen molar-refractivity contribution in [3.8, 4) is 0 Å². The summed E-state index contributed by atoms with van der Waals surface area (Å²) in [5, 5.41) is 2.92. The second-order valence-corrected chi connectivity index (χ2v) is 6.74. The lowest BCUT2D eigenvalue weighted by atomic mass is 10.0. The highest BCUT2D eigenvalue weighted by Gasteiger charge is 2.24. The molecule has 1 saturated heterocycles. The molecule has 3 rings (SSSR count). The van der Waals surface area contributed by atoms with E-state index in [-0.39, 0.29) is 11.8 Å². The van der Waals surface area contributed by atoms with Crippen LogP contribution in [0.25, 0.3) is 0 Å². The molecule has 0 atom stereocenters. The number of nitrogens with zero attached hydrogens (tertiary/aromatic N) is 1. The first-order valence-corrected chi connectivity index (χ1v) is 9.08. The third kappa shape index (κ3) is 4.04. The third-order valence-corrected chi connectivity index (χ3v) is 4.83. The number of carbonyl (C=O) groups is 2. The SMILES string of the molecule is Cc1cccc(NC(=O)CCc2ccccc2N)c1C(=O)N1CCCC1. The molecule has 2 aromatic rings. The van der Waals surface area contributed by atoms with Crippen LogP contribution in [0.4, 0.5) is 11.4 Å². The maximum absolute atomic E-state index is 12.9.